The predicted molar refractivity (Wildman–Crippen MR) is 89.3 cm³/mol. The minimum absolute atomic E-state index is 0.0601. The van der Waals surface area contributed by atoms with Gasteiger partial charge in [0.1, 0.15) is 5.25 Å². The first-order chi connectivity index (χ1) is 11.0. The number of rotatable bonds is 4. The SMILES string of the molecule is CC(C(=O)N1CCCc2ccccc21)S(=O)(=O)CC1CCCO1. The molecule has 23 heavy (non-hydrogen) atoms. The summed E-state index contributed by atoms with van der Waals surface area (Å²) in [6.45, 7) is 2.70. The number of hydrogen-bond acceptors (Lipinski definition) is 4. The normalized spacial score (nSPS) is 22.7. The summed E-state index contributed by atoms with van der Waals surface area (Å²) in [5, 5.41) is -1.03. The van der Waals surface area contributed by atoms with Gasteiger partial charge in [0.15, 0.2) is 9.84 Å². The van der Waals surface area contributed by atoms with Crippen molar-refractivity contribution in [1.29, 1.82) is 0 Å². The summed E-state index contributed by atoms with van der Waals surface area (Å²) in [5.41, 5.74) is 1.96. The summed E-state index contributed by atoms with van der Waals surface area (Å²) >= 11 is 0. The van der Waals surface area contributed by atoms with Crippen LogP contribution in [0.2, 0.25) is 0 Å². The number of amides is 1. The second-order valence-corrected chi connectivity index (χ2v) is 8.70. The first-order valence-electron chi connectivity index (χ1n) is 8.21. The average Bonchev–Trinajstić information content (AvgIpc) is 3.05. The van der Waals surface area contributed by atoms with Crippen LogP contribution < -0.4 is 4.90 Å². The van der Waals surface area contributed by atoms with Crippen LogP contribution in [0, 0.1) is 0 Å². The Hall–Kier alpha value is -1.40. The molecule has 2 aliphatic rings. The number of ether oxygens (including phenoxy) is 1. The average molecular weight is 337 g/mol. The van der Waals surface area contributed by atoms with Crippen LogP contribution in [0.1, 0.15) is 31.7 Å². The fourth-order valence-electron chi connectivity index (χ4n) is 3.31. The van der Waals surface area contributed by atoms with Crippen molar-refractivity contribution in [2.24, 2.45) is 0 Å². The molecule has 6 heteroatoms. The molecule has 0 N–H and O–H groups in total. The van der Waals surface area contributed by atoms with E-state index in [2.05, 4.69) is 0 Å². The number of carbonyl (C=O) groups is 1. The Labute approximate surface area is 137 Å². The molecule has 0 saturated carbocycles. The van der Waals surface area contributed by atoms with E-state index in [0.717, 1.165) is 36.9 Å². The zero-order chi connectivity index (χ0) is 16.4. The second-order valence-electron chi connectivity index (χ2n) is 6.33. The molecule has 1 aromatic rings. The van der Waals surface area contributed by atoms with Crippen molar-refractivity contribution >= 4 is 21.4 Å². The molecule has 1 fully saturated rings. The number of sulfone groups is 1. The van der Waals surface area contributed by atoms with Gasteiger partial charge >= 0.3 is 0 Å². The van der Waals surface area contributed by atoms with Gasteiger partial charge in [0.2, 0.25) is 5.91 Å². The number of fused-ring (bicyclic) bond motifs is 1. The monoisotopic (exact) mass is 337 g/mol. The molecule has 0 bridgehead atoms. The Bertz CT molecular complexity index is 680. The molecule has 1 saturated heterocycles. The van der Waals surface area contributed by atoms with E-state index >= 15 is 0 Å². The number of nitrogens with zero attached hydrogens (tertiary/aromatic N) is 1. The summed E-state index contributed by atoms with van der Waals surface area (Å²) in [6.07, 6.45) is 3.18. The largest absolute Gasteiger partial charge is 0.377 e. The summed E-state index contributed by atoms with van der Waals surface area (Å²) in [6, 6.07) is 7.73. The van der Waals surface area contributed by atoms with Gasteiger partial charge in [0.25, 0.3) is 0 Å². The van der Waals surface area contributed by atoms with Gasteiger partial charge in [0.05, 0.1) is 11.9 Å². The highest BCUT2D eigenvalue weighted by Crippen LogP contribution is 2.28. The Kier molecular flexibility index (Phi) is 4.73. The first-order valence-corrected chi connectivity index (χ1v) is 9.93. The molecule has 2 atom stereocenters. The highest BCUT2D eigenvalue weighted by molar-refractivity contribution is 7.92. The van der Waals surface area contributed by atoms with Crippen LogP contribution in [0.5, 0.6) is 0 Å². The Morgan fingerprint density at radius 3 is 2.87 bits per heavy atom. The van der Waals surface area contributed by atoms with Crippen LogP contribution in [0.25, 0.3) is 0 Å². The van der Waals surface area contributed by atoms with Crippen LogP contribution in [-0.4, -0.2) is 44.6 Å². The van der Waals surface area contributed by atoms with Gasteiger partial charge in [-0.05, 0) is 44.2 Å². The Morgan fingerprint density at radius 2 is 2.13 bits per heavy atom. The van der Waals surface area contributed by atoms with E-state index in [0.29, 0.717) is 13.2 Å². The molecule has 2 aliphatic heterocycles. The molecule has 0 aromatic heterocycles. The summed E-state index contributed by atoms with van der Waals surface area (Å²) in [5.74, 6) is -0.384. The maximum Gasteiger partial charge on any atom is 0.245 e. The quantitative estimate of drug-likeness (QED) is 0.842. The second kappa shape index (κ2) is 6.61. The van der Waals surface area contributed by atoms with Crippen molar-refractivity contribution in [1.82, 2.24) is 0 Å². The lowest BCUT2D eigenvalue weighted by molar-refractivity contribution is -0.118. The third-order valence-corrected chi connectivity index (χ3v) is 6.82. The van der Waals surface area contributed by atoms with Gasteiger partial charge in [-0.15, -0.1) is 0 Å². The third-order valence-electron chi connectivity index (χ3n) is 4.70. The van der Waals surface area contributed by atoms with E-state index in [4.69, 9.17) is 4.74 Å². The summed E-state index contributed by atoms with van der Waals surface area (Å²) < 4.78 is 30.5. The molecule has 0 radical (unpaired) electrons. The molecule has 0 spiro atoms. The van der Waals surface area contributed by atoms with Gasteiger partial charge in [-0.3, -0.25) is 4.79 Å². The van der Waals surface area contributed by atoms with Gasteiger partial charge in [-0.1, -0.05) is 18.2 Å². The van der Waals surface area contributed by atoms with Gasteiger partial charge < -0.3 is 9.64 Å². The van der Waals surface area contributed by atoms with Crippen LogP contribution in [0.3, 0.4) is 0 Å². The van der Waals surface area contributed by atoms with Gasteiger partial charge in [0, 0.05) is 18.8 Å². The van der Waals surface area contributed by atoms with E-state index in [1.54, 1.807) is 4.90 Å². The predicted octanol–water partition coefficient (Wildman–Crippen LogP) is 1.95. The molecular formula is C17H23NO4S. The van der Waals surface area contributed by atoms with Crippen molar-refractivity contribution in [3.8, 4) is 0 Å². The summed E-state index contributed by atoms with van der Waals surface area (Å²) in [7, 11) is -3.51. The lowest BCUT2D eigenvalue weighted by Crippen LogP contribution is -2.45. The van der Waals surface area contributed by atoms with Crippen molar-refractivity contribution in [3.63, 3.8) is 0 Å². The van der Waals surface area contributed by atoms with E-state index in [1.165, 1.54) is 6.92 Å². The minimum Gasteiger partial charge on any atom is -0.377 e. The van der Waals surface area contributed by atoms with Crippen LogP contribution >= 0.6 is 0 Å². The highest BCUT2D eigenvalue weighted by atomic mass is 32.2. The van der Waals surface area contributed by atoms with E-state index < -0.39 is 15.1 Å². The van der Waals surface area contributed by atoms with Crippen LogP contribution in [-0.2, 0) is 25.8 Å². The van der Waals surface area contributed by atoms with E-state index in [9.17, 15) is 13.2 Å². The minimum atomic E-state index is -3.51. The number of aryl methyl sites for hydroxylation is 1. The molecule has 0 aliphatic carbocycles. The number of para-hydroxylation sites is 1. The molecular weight excluding hydrogens is 314 g/mol. The number of carbonyl (C=O) groups excluding carboxylic acids is 1. The van der Waals surface area contributed by atoms with Crippen molar-refractivity contribution in [3.05, 3.63) is 29.8 Å². The zero-order valence-electron chi connectivity index (χ0n) is 13.4. The van der Waals surface area contributed by atoms with Crippen LogP contribution in [0.15, 0.2) is 24.3 Å². The lowest BCUT2D eigenvalue weighted by atomic mass is 10.0. The summed E-state index contributed by atoms with van der Waals surface area (Å²) in [4.78, 5) is 14.4. The van der Waals surface area contributed by atoms with Crippen molar-refractivity contribution in [2.75, 3.05) is 23.8 Å². The van der Waals surface area contributed by atoms with Gasteiger partial charge in [-0.25, -0.2) is 8.42 Å². The van der Waals surface area contributed by atoms with E-state index in [1.807, 2.05) is 24.3 Å². The fraction of sp³-hybridized carbons (Fsp3) is 0.588. The van der Waals surface area contributed by atoms with Gasteiger partial charge in [-0.2, -0.15) is 0 Å². The van der Waals surface area contributed by atoms with Crippen molar-refractivity contribution in [2.45, 2.75) is 44.0 Å². The zero-order valence-corrected chi connectivity index (χ0v) is 14.2. The number of hydrogen-bond donors (Lipinski definition) is 0. The number of benzene rings is 1. The topological polar surface area (TPSA) is 63.7 Å². The van der Waals surface area contributed by atoms with Crippen LogP contribution in [0.4, 0.5) is 5.69 Å². The molecule has 1 amide bonds. The standard InChI is InChI=1S/C17H23NO4S/c1-13(23(20,21)12-15-8-5-11-22-15)17(19)18-10-4-7-14-6-2-3-9-16(14)18/h2-3,6,9,13,15H,4-5,7-8,10-12H2,1H3. The maximum atomic E-state index is 12.8. The maximum absolute atomic E-state index is 12.8. The molecule has 2 unspecified atom stereocenters. The fourth-order valence-corrected chi connectivity index (χ4v) is 4.82. The third kappa shape index (κ3) is 3.43. The smallest absolute Gasteiger partial charge is 0.245 e. The number of anilines is 1. The molecule has 126 valence electrons. The molecule has 5 nitrogen and oxygen atoms in total. The molecule has 2 heterocycles. The Balaban J connectivity index is 1.77. The van der Waals surface area contributed by atoms with Crippen molar-refractivity contribution < 1.29 is 17.9 Å². The lowest BCUT2D eigenvalue weighted by Gasteiger charge is -2.31. The first kappa shape index (κ1) is 16.5. The molecule has 1 aromatic carbocycles. The van der Waals surface area contributed by atoms with E-state index in [-0.39, 0.29) is 17.8 Å². The molecule has 3 rings (SSSR count). The highest BCUT2D eigenvalue weighted by Gasteiger charge is 2.36. The Morgan fingerprint density at radius 1 is 1.35 bits per heavy atom.